The van der Waals surface area contributed by atoms with E-state index in [4.69, 9.17) is 27.9 Å². The third-order valence-electron chi connectivity index (χ3n) is 4.87. The van der Waals surface area contributed by atoms with Crippen molar-refractivity contribution < 1.29 is 14.3 Å². The van der Waals surface area contributed by atoms with Gasteiger partial charge in [0.05, 0.1) is 0 Å². The minimum Gasteiger partial charge on any atom is -0.483 e. The maximum absolute atomic E-state index is 13.0. The van der Waals surface area contributed by atoms with Crippen LogP contribution in [0.25, 0.3) is 10.8 Å². The highest BCUT2D eigenvalue weighted by molar-refractivity contribution is 6.35. The molecule has 3 aromatic rings. The fourth-order valence-corrected chi connectivity index (χ4v) is 3.64. The van der Waals surface area contributed by atoms with E-state index in [1.165, 1.54) is 11.9 Å². The Morgan fingerprint density at radius 1 is 1.07 bits per heavy atom. The molecular formula is C23H22Cl2N2O3. The quantitative estimate of drug-likeness (QED) is 0.574. The van der Waals surface area contributed by atoms with E-state index in [1.54, 1.807) is 25.1 Å². The Balaban J connectivity index is 1.81. The fourth-order valence-electron chi connectivity index (χ4n) is 3.17. The molecule has 3 aromatic carbocycles. The van der Waals surface area contributed by atoms with Gasteiger partial charge in [-0.25, -0.2) is 0 Å². The van der Waals surface area contributed by atoms with Gasteiger partial charge in [-0.05, 0) is 36.1 Å². The van der Waals surface area contributed by atoms with E-state index in [0.717, 1.165) is 10.8 Å². The van der Waals surface area contributed by atoms with Crippen molar-refractivity contribution in [1.82, 2.24) is 10.2 Å². The molecule has 0 saturated heterocycles. The molecular weight excluding hydrogens is 423 g/mol. The normalized spacial score (nSPS) is 11.7. The first-order valence-electron chi connectivity index (χ1n) is 9.46. The summed E-state index contributed by atoms with van der Waals surface area (Å²) in [5.41, 5.74) is 0.690. The first-order valence-corrected chi connectivity index (χ1v) is 10.2. The van der Waals surface area contributed by atoms with E-state index >= 15 is 0 Å². The molecule has 1 N–H and O–H groups in total. The van der Waals surface area contributed by atoms with Crippen LogP contribution in [0.3, 0.4) is 0 Å². The zero-order valence-corrected chi connectivity index (χ0v) is 18.2. The van der Waals surface area contributed by atoms with Crippen LogP contribution in [0.1, 0.15) is 12.5 Å². The highest BCUT2D eigenvalue weighted by atomic mass is 35.5. The van der Waals surface area contributed by atoms with Gasteiger partial charge in [0.15, 0.2) is 6.61 Å². The molecule has 0 saturated carbocycles. The minimum atomic E-state index is -0.703. The van der Waals surface area contributed by atoms with E-state index < -0.39 is 6.04 Å². The number of carbonyl (C=O) groups excluding carboxylic acids is 2. The SMILES string of the molecule is CNC(=O)C(C)N(Cc1ccc(Cl)cc1Cl)C(=O)COc1cccc2ccccc12. The van der Waals surface area contributed by atoms with Crippen LogP contribution in [0.4, 0.5) is 0 Å². The number of benzene rings is 3. The standard InChI is InChI=1S/C23H22Cl2N2O3/c1-15(23(29)26-2)27(13-17-10-11-18(24)12-20(17)25)22(28)14-30-21-9-5-7-16-6-3-4-8-19(16)21/h3-12,15H,13-14H2,1-2H3,(H,26,29). The Labute approximate surface area is 185 Å². The lowest BCUT2D eigenvalue weighted by Crippen LogP contribution is -2.48. The molecule has 2 amide bonds. The van der Waals surface area contributed by atoms with Gasteiger partial charge in [0.2, 0.25) is 5.91 Å². The predicted molar refractivity (Wildman–Crippen MR) is 120 cm³/mol. The van der Waals surface area contributed by atoms with Gasteiger partial charge in [0, 0.05) is 29.0 Å². The first kappa shape index (κ1) is 21.9. The van der Waals surface area contributed by atoms with Crippen molar-refractivity contribution in [3.8, 4) is 5.75 Å². The van der Waals surface area contributed by atoms with Crippen LogP contribution in [-0.4, -0.2) is 36.4 Å². The number of likely N-dealkylation sites (N-methyl/N-ethyl adjacent to an activating group) is 1. The number of hydrogen-bond donors (Lipinski definition) is 1. The molecule has 0 spiro atoms. The van der Waals surface area contributed by atoms with Gasteiger partial charge in [-0.1, -0.05) is 65.7 Å². The number of hydrogen-bond acceptors (Lipinski definition) is 3. The molecule has 0 bridgehead atoms. The maximum atomic E-state index is 13.0. The van der Waals surface area contributed by atoms with Gasteiger partial charge in [0.25, 0.3) is 5.91 Å². The highest BCUT2D eigenvalue weighted by Gasteiger charge is 2.26. The number of amides is 2. The van der Waals surface area contributed by atoms with Crippen molar-refractivity contribution >= 4 is 45.8 Å². The molecule has 3 rings (SSSR count). The summed E-state index contributed by atoms with van der Waals surface area (Å²) < 4.78 is 5.84. The fraction of sp³-hybridized carbons (Fsp3) is 0.217. The summed E-state index contributed by atoms with van der Waals surface area (Å²) in [6, 6.07) is 17.8. The van der Waals surface area contributed by atoms with Crippen molar-refractivity contribution in [2.75, 3.05) is 13.7 Å². The summed E-state index contributed by atoms with van der Waals surface area (Å²) in [6.07, 6.45) is 0. The largest absolute Gasteiger partial charge is 0.483 e. The first-order chi connectivity index (χ1) is 14.4. The second-order valence-electron chi connectivity index (χ2n) is 6.81. The molecule has 0 aliphatic heterocycles. The Bertz CT molecular complexity index is 1070. The van der Waals surface area contributed by atoms with Crippen LogP contribution in [-0.2, 0) is 16.1 Å². The van der Waals surface area contributed by atoms with Crippen molar-refractivity contribution in [2.24, 2.45) is 0 Å². The van der Waals surface area contributed by atoms with Crippen LogP contribution in [0.15, 0.2) is 60.7 Å². The number of nitrogens with zero attached hydrogens (tertiary/aromatic N) is 1. The molecule has 156 valence electrons. The van der Waals surface area contributed by atoms with Gasteiger partial charge in [-0.15, -0.1) is 0 Å². The van der Waals surface area contributed by atoms with Gasteiger partial charge in [0.1, 0.15) is 11.8 Å². The molecule has 1 unspecified atom stereocenters. The van der Waals surface area contributed by atoms with Gasteiger partial charge in [-0.3, -0.25) is 9.59 Å². The second kappa shape index (κ2) is 9.83. The third-order valence-corrected chi connectivity index (χ3v) is 5.46. The monoisotopic (exact) mass is 444 g/mol. The van der Waals surface area contributed by atoms with E-state index in [1.807, 2.05) is 42.5 Å². The van der Waals surface area contributed by atoms with Crippen LogP contribution < -0.4 is 10.1 Å². The van der Waals surface area contributed by atoms with Crippen LogP contribution >= 0.6 is 23.2 Å². The summed E-state index contributed by atoms with van der Waals surface area (Å²) >= 11 is 12.2. The Morgan fingerprint density at radius 3 is 2.53 bits per heavy atom. The summed E-state index contributed by atoms with van der Waals surface area (Å²) in [7, 11) is 1.53. The lowest BCUT2D eigenvalue weighted by molar-refractivity contribution is -0.142. The zero-order valence-electron chi connectivity index (χ0n) is 16.7. The number of fused-ring (bicyclic) bond motifs is 1. The van der Waals surface area contributed by atoms with E-state index in [2.05, 4.69) is 5.32 Å². The number of carbonyl (C=O) groups is 2. The highest BCUT2D eigenvalue weighted by Crippen LogP contribution is 2.26. The molecule has 1 atom stereocenters. The summed E-state index contributed by atoms with van der Waals surface area (Å²) in [4.78, 5) is 26.7. The lowest BCUT2D eigenvalue weighted by atomic mass is 10.1. The smallest absolute Gasteiger partial charge is 0.261 e. The number of ether oxygens (including phenoxy) is 1. The van der Waals surface area contributed by atoms with Crippen LogP contribution in [0.2, 0.25) is 10.0 Å². The third kappa shape index (κ3) is 5.04. The zero-order chi connectivity index (χ0) is 21.7. The van der Waals surface area contributed by atoms with Crippen LogP contribution in [0.5, 0.6) is 5.75 Å². The van der Waals surface area contributed by atoms with E-state index in [-0.39, 0.29) is 25.0 Å². The van der Waals surface area contributed by atoms with Gasteiger partial charge in [-0.2, -0.15) is 0 Å². The van der Waals surface area contributed by atoms with Gasteiger partial charge < -0.3 is 15.0 Å². The molecule has 0 radical (unpaired) electrons. The molecule has 0 aliphatic carbocycles. The molecule has 0 heterocycles. The number of rotatable bonds is 7. The molecule has 0 aromatic heterocycles. The van der Waals surface area contributed by atoms with Crippen molar-refractivity contribution in [1.29, 1.82) is 0 Å². The molecule has 5 nitrogen and oxygen atoms in total. The summed E-state index contributed by atoms with van der Waals surface area (Å²) in [6.45, 7) is 1.61. The Morgan fingerprint density at radius 2 is 1.80 bits per heavy atom. The van der Waals surface area contributed by atoms with Crippen LogP contribution in [0, 0.1) is 0 Å². The summed E-state index contributed by atoms with van der Waals surface area (Å²) in [5.74, 6) is 0.00201. The minimum absolute atomic E-state index is 0.155. The van der Waals surface area contributed by atoms with E-state index in [0.29, 0.717) is 21.4 Å². The maximum Gasteiger partial charge on any atom is 0.261 e. The topological polar surface area (TPSA) is 58.6 Å². The average molecular weight is 445 g/mol. The predicted octanol–water partition coefficient (Wildman–Crippen LogP) is 4.69. The lowest BCUT2D eigenvalue weighted by Gasteiger charge is -2.28. The second-order valence-corrected chi connectivity index (χ2v) is 7.66. The number of nitrogens with one attached hydrogen (secondary N) is 1. The molecule has 7 heteroatoms. The summed E-state index contributed by atoms with van der Waals surface area (Å²) in [5, 5.41) is 5.45. The number of halogens is 2. The Kier molecular flexibility index (Phi) is 7.19. The van der Waals surface area contributed by atoms with Crippen molar-refractivity contribution in [3.05, 3.63) is 76.3 Å². The molecule has 30 heavy (non-hydrogen) atoms. The van der Waals surface area contributed by atoms with Crippen molar-refractivity contribution in [2.45, 2.75) is 19.5 Å². The van der Waals surface area contributed by atoms with Crippen molar-refractivity contribution in [3.63, 3.8) is 0 Å². The molecule has 0 fully saturated rings. The average Bonchev–Trinajstić information content (AvgIpc) is 2.75. The van der Waals surface area contributed by atoms with Gasteiger partial charge >= 0.3 is 0 Å². The van der Waals surface area contributed by atoms with E-state index in [9.17, 15) is 9.59 Å². The molecule has 0 aliphatic rings. The Hall–Kier alpha value is -2.76.